The van der Waals surface area contributed by atoms with Crippen LogP contribution < -0.4 is 10.6 Å². The van der Waals surface area contributed by atoms with Crippen molar-refractivity contribution in [3.63, 3.8) is 0 Å². The third-order valence-electron chi connectivity index (χ3n) is 5.12. The predicted molar refractivity (Wildman–Crippen MR) is 103 cm³/mol. The van der Waals surface area contributed by atoms with Crippen molar-refractivity contribution in [2.24, 2.45) is 5.92 Å². The maximum atomic E-state index is 13.0. The fourth-order valence-corrected chi connectivity index (χ4v) is 5.36. The second-order valence-electron chi connectivity index (χ2n) is 7.51. The zero-order chi connectivity index (χ0) is 19.4. The average Bonchev–Trinajstić information content (AvgIpc) is 3.14. The molecular formula is C19H29N3O4S. The summed E-state index contributed by atoms with van der Waals surface area (Å²) in [7, 11) is -3.65. The van der Waals surface area contributed by atoms with Gasteiger partial charge in [-0.3, -0.25) is 4.79 Å². The minimum atomic E-state index is -3.65. The van der Waals surface area contributed by atoms with E-state index < -0.39 is 10.0 Å². The predicted octanol–water partition coefficient (Wildman–Crippen LogP) is 1.21. The highest BCUT2D eigenvalue weighted by Gasteiger charge is 2.32. The van der Waals surface area contributed by atoms with Crippen molar-refractivity contribution in [2.45, 2.75) is 43.8 Å². The molecule has 8 heteroatoms. The lowest BCUT2D eigenvalue weighted by molar-refractivity contribution is -0.0440. The topological polar surface area (TPSA) is 87.7 Å². The number of hydrogen-bond acceptors (Lipinski definition) is 5. The van der Waals surface area contributed by atoms with Gasteiger partial charge in [0.2, 0.25) is 10.0 Å². The number of rotatable bonds is 6. The SMILES string of the molecule is CC1CN(S(=O)(=O)c2cccc(C(=O)NCCC3CCNC3)c2)CC(C)O1. The van der Waals surface area contributed by atoms with Crippen molar-refractivity contribution >= 4 is 15.9 Å². The molecule has 3 atom stereocenters. The molecule has 3 unspecified atom stereocenters. The van der Waals surface area contributed by atoms with Crippen molar-refractivity contribution in [1.29, 1.82) is 0 Å². The molecule has 2 aliphatic heterocycles. The lowest BCUT2D eigenvalue weighted by Gasteiger charge is -2.34. The summed E-state index contributed by atoms with van der Waals surface area (Å²) < 4.78 is 33.0. The van der Waals surface area contributed by atoms with Crippen molar-refractivity contribution < 1.29 is 17.9 Å². The van der Waals surface area contributed by atoms with Gasteiger partial charge < -0.3 is 15.4 Å². The van der Waals surface area contributed by atoms with Crippen LogP contribution in [0, 0.1) is 5.92 Å². The molecule has 2 heterocycles. The van der Waals surface area contributed by atoms with Crippen LogP contribution in [0.3, 0.4) is 0 Å². The summed E-state index contributed by atoms with van der Waals surface area (Å²) >= 11 is 0. The lowest BCUT2D eigenvalue weighted by atomic mass is 10.1. The Morgan fingerprint density at radius 3 is 2.70 bits per heavy atom. The Bertz CT molecular complexity index is 752. The first-order chi connectivity index (χ1) is 12.9. The highest BCUT2D eigenvalue weighted by atomic mass is 32.2. The van der Waals surface area contributed by atoms with Crippen LogP contribution in [0.1, 0.15) is 37.0 Å². The first-order valence-corrected chi connectivity index (χ1v) is 11.0. The van der Waals surface area contributed by atoms with Crippen LogP contribution in [0.5, 0.6) is 0 Å². The Hall–Kier alpha value is -1.48. The van der Waals surface area contributed by atoms with Gasteiger partial charge in [0.15, 0.2) is 0 Å². The van der Waals surface area contributed by atoms with Crippen LogP contribution >= 0.6 is 0 Å². The van der Waals surface area contributed by atoms with E-state index in [9.17, 15) is 13.2 Å². The van der Waals surface area contributed by atoms with Crippen LogP contribution in [0.4, 0.5) is 0 Å². The van der Waals surface area contributed by atoms with E-state index in [0.717, 1.165) is 25.9 Å². The average molecular weight is 396 g/mol. The normalized spacial score (nSPS) is 26.8. The summed E-state index contributed by atoms with van der Waals surface area (Å²) in [6, 6.07) is 6.28. The Labute approximate surface area is 161 Å². The van der Waals surface area contributed by atoms with Crippen molar-refractivity contribution in [2.75, 3.05) is 32.7 Å². The van der Waals surface area contributed by atoms with Crippen LogP contribution in [0.15, 0.2) is 29.2 Å². The molecule has 27 heavy (non-hydrogen) atoms. The molecule has 1 aromatic rings. The zero-order valence-corrected chi connectivity index (χ0v) is 16.8. The summed E-state index contributed by atoms with van der Waals surface area (Å²) in [5.41, 5.74) is 0.370. The monoisotopic (exact) mass is 395 g/mol. The minimum Gasteiger partial charge on any atom is -0.373 e. The van der Waals surface area contributed by atoms with E-state index in [1.54, 1.807) is 18.2 Å². The van der Waals surface area contributed by atoms with E-state index in [4.69, 9.17) is 4.74 Å². The molecule has 2 aliphatic rings. The number of benzene rings is 1. The van der Waals surface area contributed by atoms with Gasteiger partial charge in [-0.05, 0) is 63.9 Å². The summed E-state index contributed by atoms with van der Waals surface area (Å²) in [5.74, 6) is 0.365. The smallest absolute Gasteiger partial charge is 0.251 e. The van der Waals surface area contributed by atoms with Crippen LogP contribution in [0.2, 0.25) is 0 Å². The van der Waals surface area contributed by atoms with Gasteiger partial charge in [0, 0.05) is 25.2 Å². The number of carbonyl (C=O) groups is 1. The molecule has 150 valence electrons. The van der Waals surface area contributed by atoms with Gasteiger partial charge in [-0.2, -0.15) is 4.31 Å². The first-order valence-electron chi connectivity index (χ1n) is 9.61. The number of nitrogens with one attached hydrogen (secondary N) is 2. The number of nitrogens with zero attached hydrogens (tertiary/aromatic N) is 1. The lowest BCUT2D eigenvalue weighted by Crippen LogP contribution is -2.48. The molecule has 0 radical (unpaired) electrons. The van der Waals surface area contributed by atoms with E-state index in [-0.39, 0.29) is 23.0 Å². The number of ether oxygens (including phenoxy) is 1. The molecule has 0 aliphatic carbocycles. The molecule has 3 rings (SSSR count). The van der Waals surface area contributed by atoms with Gasteiger partial charge in [-0.15, -0.1) is 0 Å². The molecule has 7 nitrogen and oxygen atoms in total. The summed E-state index contributed by atoms with van der Waals surface area (Å²) in [6.45, 7) is 7.00. The van der Waals surface area contributed by atoms with Gasteiger partial charge in [0.25, 0.3) is 5.91 Å². The van der Waals surface area contributed by atoms with E-state index in [0.29, 0.717) is 31.1 Å². The molecule has 0 bridgehead atoms. The number of morpholine rings is 1. The van der Waals surface area contributed by atoms with E-state index in [1.807, 2.05) is 13.8 Å². The van der Waals surface area contributed by atoms with Gasteiger partial charge in [0.1, 0.15) is 0 Å². The zero-order valence-electron chi connectivity index (χ0n) is 16.0. The Morgan fingerprint density at radius 2 is 2.04 bits per heavy atom. The van der Waals surface area contributed by atoms with Crippen LogP contribution in [0.25, 0.3) is 0 Å². The molecule has 1 aromatic carbocycles. The highest BCUT2D eigenvalue weighted by Crippen LogP contribution is 2.22. The largest absolute Gasteiger partial charge is 0.373 e. The van der Waals surface area contributed by atoms with E-state index in [1.165, 1.54) is 10.4 Å². The Kier molecular flexibility index (Phi) is 6.52. The summed E-state index contributed by atoms with van der Waals surface area (Å²) in [6.07, 6.45) is 1.76. The molecule has 2 fully saturated rings. The standard InChI is InChI=1S/C19H29N3O4S/c1-14-12-22(13-15(2)26-14)27(24,25)18-5-3-4-17(10-18)19(23)21-9-7-16-6-8-20-11-16/h3-5,10,14-16,20H,6-9,11-13H2,1-2H3,(H,21,23). The van der Waals surface area contributed by atoms with Gasteiger partial charge in [-0.25, -0.2) is 8.42 Å². The van der Waals surface area contributed by atoms with E-state index in [2.05, 4.69) is 10.6 Å². The maximum Gasteiger partial charge on any atom is 0.251 e. The molecule has 1 amide bonds. The van der Waals surface area contributed by atoms with Crippen molar-refractivity contribution in [1.82, 2.24) is 14.9 Å². The number of hydrogen-bond donors (Lipinski definition) is 2. The molecule has 0 saturated carbocycles. The minimum absolute atomic E-state index is 0.149. The van der Waals surface area contributed by atoms with E-state index >= 15 is 0 Å². The summed E-state index contributed by atoms with van der Waals surface area (Å²) in [4.78, 5) is 12.6. The Morgan fingerprint density at radius 1 is 1.30 bits per heavy atom. The quantitative estimate of drug-likeness (QED) is 0.756. The van der Waals surface area contributed by atoms with Crippen molar-refractivity contribution in [3.8, 4) is 0 Å². The summed E-state index contributed by atoms with van der Waals surface area (Å²) in [5, 5.41) is 6.21. The molecule has 0 spiro atoms. The number of sulfonamides is 1. The number of amides is 1. The maximum absolute atomic E-state index is 13.0. The van der Waals surface area contributed by atoms with Crippen molar-refractivity contribution in [3.05, 3.63) is 29.8 Å². The second-order valence-corrected chi connectivity index (χ2v) is 9.45. The third kappa shape index (κ3) is 5.07. The van der Waals surface area contributed by atoms with Crippen LogP contribution in [-0.4, -0.2) is 63.6 Å². The molecule has 2 N–H and O–H groups in total. The molecule has 2 saturated heterocycles. The molecular weight excluding hydrogens is 366 g/mol. The number of carbonyl (C=O) groups excluding carboxylic acids is 1. The second kappa shape index (κ2) is 8.68. The molecule has 0 aromatic heterocycles. The third-order valence-corrected chi connectivity index (χ3v) is 6.95. The fourth-order valence-electron chi connectivity index (χ4n) is 3.73. The Balaban J connectivity index is 1.65. The highest BCUT2D eigenvalue weighted by molar-refractivity contribution is 7.89. The first kappa shape index (κ1) is 20.3. The van der Waals surface area contributed by atoms with Gasteiger partial charge in [0.05, 0.1) is 17.1 Å². The van der Waals surface area contributed by atoms with Gasteiger partial charge in [-0.1, -0.05) is 6.07 Å². The fraction of sp³-hybridized carbons (Fsp3) is 0.632. The van der Waals surface area contributed by atoms with Crippen LogP contribution in [-0.2, 0) is 14.8 Å². The van der Waals surface area contributed by atoms with Gasteiger partial charge >= 0.3 is 0 Å².